The van der Waals surface area contributed by atoms with Crippen LogP contribution < -0.4 is 10.0 Å². The maximum atomic E-state index is 11.2. The summed E-state index contributed by atoms with van der Waals surface area (Å²) in [5.74, 6) is -0.216. The number of carbonyl (C=O) groups excluding carboxylic acids is 1. The minimum absolute atomic E-state index is 0.216. The Morgan fingerprint density at radius 2 is 2.19 bits per heavy atom. The van der Waals surface area contributed by atoms with Gasteiger partial charge < -0.3 is 10.1 Å². The summed E-state index contributed by atoms with van der Waals surface area (Å²) in [6, 6.07) is 0. The predicted octanol–water partition coefficient (Wildman–Crippen LogP) is 0.990. The molecule has 21 heavy (non-hydrogen) atoms. The molecule has 0 bridgehead atoms. The second kappa shape index (κ2) is 8.96. The van der Waals surface area contributed by atoms with Crippen molar-refractivity contribution in [1.29, 1.82) is 0 Å². The van der Waals surface area contributed by atoms with Gasteiger partial charge in [0.25, 0.3) is 0 Å². The minimum Gasteiger partial charge on any atom is -0.466 e. The summed E-state index contributed by atoms with van der Waals surface area (Å²) in [7, 11) is -3.12. The fourth-order valence-corrected chi connectivity index (χ4v) is 2.80. The molecule has 0 saturated carbocycles. The van der Waals surface area contributed by atoms with Crippen LogP contribution in [0.15, 0.2) is 5.38 Å². The fourth-order valence-electron chi connectivity index (χ4n) is 1.51. The van der Waals surface area contributed by atoms with E-state index in [1.807, 2.05) is 5.38 Å². The molecule has 0 aromatic carbocycles. The van der Waals surface area contributed by atoms with Gasteiger partial charge in [-0.15, -0.1) is 11.3 Å². The first kappa shape index (κ1) is 17.9. The molecule has 1 aromatic heterocycles. The molecule has 0 radical (unpaired) electrons. The molecule has 1 rings (SSSR count). The van der Waals surface area contributed by atoms with Crippen molar-refractivity contribution in [2.75, 3.05) is 31.3 Å². The molecule has 0 saturated heterocycles. The van der Waals surface area contributed by atoms with Crippen molar-refractivity contribution in [2.45, 2.75) is 26.2 Å². The van der Waals surface area contributed by atoms with Gasteiger partial charge in [0.05, 0.1) is 25.0 Å². The first-order chi connectivity index (χ1) is 9.90. The number of hydrogen-bond donors (Lipinski definition) is 2. The molecule has 7 nitrogen and oxygen atoms in total. The Balaban J connectivity index is 2.21. The van der Waals surface area contributed by atoms with Crippen LogP contribution in [0.3, 0.4) is 0 Å². The molecular formula is C12H21N3O4S2. The van der Waals surface area contributed by atoms with Gasteiger partial charge in [-0.1, -0.05) is 0 Å². The van der Waals surface area contributed by atoms with Crippen LogP contribution in [0.25, 0.3) is 0 Å². The van der Waals surface area contributed by atoms with Gasteiger partial charge in [-0.05, 0) is 13.3 Å². The van der Waals surface area contributed by atoms with Gasteiger partial charge >= 0.3 is 5.97 Å². The number of esters is 1. The number of anilines is 1. The summed E-state index contributed by atoms with van der Waals surface area (Å²) in [5, 5.41) is 5.79. The zero-order valence-electron chi connectivity index (χ0n) is 12.2. The lowest BCUT2D eigenvalue weighted by Gasteiger charge is -2.03. The van der Waals surface area contributed by atoms with Gasteiger partial charge in [0.2, 0.25) is 10.0 Å². The van der Waals surface area contributed by atoms with E-state index >= 15 is 0 Å². The summed E-state index contributed by atoms with van der Waals surface area (Å²) < 4.78 is 29.0. The number of sulfonamides is 1. The van der Waals surface area contributed by atoms with Crippen molar-refractivity contribution < 1.29 is 17.9 Å². The molecule has 2 N–H and O–H groups in total. The second-order valence-corrected chi connectivity index (χ2v) is 7.09. The van der Waals surface area contributed by atoms with Crippen LogP contribution in [0.2, 0.25) is 0 Å². The SMILES string of the molecule is CCOC(=O)CCc1csc(NCCCNS(C)(=O)=O)n1. The van der Waals surface area contributed by atoms with Crippen LogP contribution in [0.1, 0.15) is 25.5 Å². The van der Waals surface area contributed by atoms with Crippen LogP contribution in [0, 0.1) is 0 Å². The van der Waals surface area contributed by atoms with E-state index in [-0.39, 0.29) is 5.97 Å². The number of nitrogens with one attached hydrogen (secondary N) is 2. The highest BCUT2D eigenvalue weighted by Gasteiger charge is 2.06. The molecule has 1 heterocycles. The van der Waals surface area contributed by atoms with Crippen molar-refractivity contribution in [3.8, 4) is 0 Å². The van der Waals surface area contributed by atoms with Crippen LogP contribution >= 0.6 is 11.3 Å². The average molecular weight is 335 g/mol. The van der Waals surface area contributed by atoms with Gasteiger partial charge in [-0.25, -0.2) is 18.1 Å². The molecule has 0 atom stereocenters. The van der Waals surface area contributed by atoms with E-state index in [4.69, 9.17) is 4.74 Å². The fraction of sp³-hybridized carbons (Fsp3) is 0.667. The quantitative estimate of drug-likeness (QED) is 0.489. The smallest absolute Gasteiger partial charge is 0.306 e. The predicted molar refractivity (Wildman–Crippen MR) is 83.0 cm³/mol. The molecule has 0 amide bonds. The molecule has 120 valence electrons. The lowest BCUT2D eigenvalue weighted by atomic mass is 10.2. The lowest BCUT2D eigenvalue weighted by Crippen LogP contribution is -2.24. The Hall–Kier alpha value is -1.19. The number of thiazole rings is 1. The van der Waals surface area contributed by atoms with Crippen LogP contribution in [0.4, 0.5) is 5.13 Å². The summed E-state index contributed by atoms with van der Waals surface area (Å²) in [6.07, 6.45) is 2.70. The Labute approximate surface area is 129 Å². The van der Waals surface area contributed by atoms with Crippen LogP contribution in [-0.4, -0.2) is 45.3 Å². The third kappa shape index (κ3) is 8.64. The number of nitrogens with zero attached hydrogens (tertiary/aromatic N) is 1. The third-order valence-electron chi connectivity index (χ3n) is 2.44. The topological polar surface area (TPSA) is 97.4 Å². The molecular weight excluding hydrogens is 314 g/mol. The number of aromatic nitrogens is 1. The highest BCUT2D eigenvalue weighted by Crippen LogP contribution is 2.16. The summed E-state index contributed by atoms with van der Waals surface area (Å²) in [4.78, 5) is 15.6. The second-order valence-electron chi connectivity index (χ2n) is 4.40. The van der Waals surface area contributed by atoms with E-state index in [0.29, 0.717) is 39.0 Å². The molecule has 0 spiro atoms. The largest absolute Gasteiger partial charge is 0.466 e. The number of carbonyl (C=O) groups is 1. The van der Waals surface area contributed by atoms with E-state index in [9.17, 15) is 13.2 Å². The first-order valence-electron chi connectivity index (χ1n) is 6.69. The molecule has 0 aliphatic rings. The molecule has 0 aliphatic heterocycles. The Kier molecular flexibility index (Phi) is 7.62. The molecule has 0 aliphatic carbocycles. The molecule has 0 unspecified atom stereocenters. The number of ether oxygens (including phenoxy) is 1. The van der Waals surface area contributed by atoms with Crippen molar-refractivity contribution in [3.05, 3.63) is 11.1 Å². The normalized spacial score (nSPS) is 11.3. The van der Waals surface area contributed by atoms with Crippen molar-refractivity contribution in [3.63, 3.8) is 0 Å². The summed E-state index contributed by atoms with van der Waals surface area (Å²) >= 11 is 1.47. The highest BCUT2D eigenvalue weighted by molar-refractivity contribution is 7.88. The van der Waals surface area contributed by atoms with Gasteiger partial charge in [0.1, 0.15) is 0 Å². The minimum atomic E-state index is -3.12. The number of rotatable bonds is 10. The van der Waals surface area contributed by atoms with E-state index < -0.39 is 10.0 Å². The zero-order valence-corrected chi connectivity index (χ0v) is 13.8. The zero-order chi connectivity index (χ0) is 15.7. The summed E-state index contributed by atoms with van der Waals surface area (Å²) in [5.41, 5.74) is 0.852. The maximum absolute atomic E-state index is 11.2. The summed E-state index contributed by atoms with van der Waals surface area (Å²) in [6.45, 7) is 3.20. The van der Waals surface area contributed by atoms with E-state index in [1.165, 1.54) is 11.3 Å². The first-order valence-corrected chi connectivity index (χ1v) is 9.46. The van der Waals surface area contributed by atoms with E-state index in [0.717, 1.165) is 17.1 Å². The highest BCUT2D eigenvalue weighted by atomic mass is 32.2. The van der Waals surface area contributed by atoms with E-state index in [2.05, 4.69) is 15.0 Å². The van der Waals surface area contributed by atoms with Gasteiger partial charge in [-0.2, -0.15) is 0 Å². The van der Waals surface area contributed by atoms with Crippen molar-refractivity contribution in [1.82, 2.24) is 9.71 Å². The van der Waals surface area contributed by atoms with Gasteiger partial charge in [0, 0.05) is 24.9 Å². The molecule has 9 heteroatoms. The van der Waals surface area contributed by atoms with Gasteiger partial charge in [-0.3, -0.25) is 4.79 Å². The number of aryl methyl sites for hydroxylation is 1. The van der Waals surface area contributed by atoms with E-state index in [1.54, 1.807) is 6.92 Å². The lowest BCUT2D eigenvalue weighted by molar-refractivity contribution is -0.143. The monoisotopic (exact) mass is 335 g/mol. The molecule has 1 aromatic rings. The maximum Gasteiger partial charge on any atom is 0.306 e. The Morgan fingerprint density at radius 3 is 2.86 bits per heavy atom. The molecule has 0 fully saturated rings. The van der Waals surface area contributed by atoms with Crippen molar-refractivity contribution >= 4 is 32.5 Å². The van der Waals surface area contributed by atoms with Crippen LogP contribution in [0.5, 0.6) is 0 Å². The standard InChI is InChI=1S/C12H21N3O4S2/c1-3-19-11(16)6-5-10-9-20-12(15-10)13-7-4-8-14-21(2,17)18/h9,14H,3-8H2,1-2H3,(H,13,15). The van der Waals surface area contributed by atoms with Crippen molar-refractivity contribution in [2.24, 2.45) is 0 Å². The Bertz CT molecular complexity index is 542. The van der Waals surface area contributed by atoms with Crippen LogP contribution in [-0.2, 0) is 26.0 Å². The third-order valence-corrected chi connectivity index (χ3v) is 4.01. The number of hydrogen-bond acceptors (Lipinski definition) is 7. The van der Waals surface area contributed by atoms with Gasteiger partial charge in [0.15, 0.2) is 5.13 Å². The Morgan fingerprint density at radius 1 is 1.43 bits per heavy atom. The average Bonchev–Trinajstić information content (AvgIpc) is 2.83.